The average molecular weight is 226 g/mol. The highest BCUT2D eigenvalue weighted by molar-refractivity contribution is 6.17. The summed E-state index contributed by atoms with van der Waals surface area (Å²) >= 11 is 5.83. The molecule has 1 aromatic heterocycles. The van der Waals surface area contributed by atoms with E-state index >= 15 is 0 Å². The van der Waals surface area contributed by atoms with Crippen molar-refractivity contribution >= 4 is 17.5 Å². The summed E-state index contributed by atoms with van der Waals surface area (Å²) in [5.74, 6) is 1.38. The van der Waals surface area contributed by atoms with Gasteiger partial charge in [-0.25, -0.2) is 9.97 Å². The summed E-state index contributed by atoms with van der Waals surface area (Å²) in [7, 11) is 0. The summed E-state index contributed by atoms with van der Waals surface area (Å²) in [6.45, 7) is 4.28. The minimum absolute atomic E-state index is 0.503. The van der Waals surface area contributed by atoms with Crippen LogP contribution in [0.1, 0.15) is 31.0 Å². The van der Waals surface area contributed by atoms with Crippen molar-refractivity contribution in [2.24, 2.45) is 0 Å². The Morgan fingerprint density at radius 3 is 2.73 bits per heavy atom. The van der Waals surface area contributed by atoms with E-state index in [9.17, 15) is 0 Å². The Hall–Kier alpha value is -0.830. The smallest absolute Gasteiger partial charge is 0.225 e. The van der Waals surface area contributed by atoms with E-state index in [0.29, 0.717) is 5.88 Å². The van der Waals surface area contributed by atoms with Gasteiger partial charge in [-0.1, -0.05) is 6.92 Å². The molecule has 0 aromatic carbocycles. The fraction of sp³-hybridized carbons (Fsp3) is 0.636. The second-order valence-electron chi connectivity index (χ2n) is 3.82. The van der Waals surface area contributed by atoms with Crippen LogP contribution in [0, 0.1) is 0 Å². The van der Waals surface area contributed by atoms with Gasteiger partial charge in [0.2, 0.25) is 5.95 Å². The zero-order chi connectivity index (χ0) is 10.7. The number of aromatic nitrogens is 2. The Morgan fingerprint density at radius 1 is 1.40 bits per heavy atom. The van der Waals surface area contributed by atoms with Gasteiger partial charge in [0.25, 0.3) is 0 Å². The van der Waals surface area contributed by atoms with E-state index < -0.39 is 0 Å². The molecule has 1 fully saturated rings. The van der Waals surface area contributed by atoms with Crippen molar-refractivity contribution in [2.75, 3.05) is 18.0 Å². The number of rotatable bonds is 3. The van der Waals surface area contributed by atoms with Crippen molar-refractivity contribution in [3.05, 3.63) is 17.5 Å². The molecule has 0 atom stereocenters. The maximum absolute atomic E-state index is 5.83. The number of hydrogen-bond acceptors (Lipinski definition) is 3. The van der Waals surface area contributed by atoms with Crippen LogP contribution in [0.2, 0.25) is 0 Å². The Labute approximate surface area is 95.5 Å². The molecule has 1 aromatic rings. The molecule has 3 nitrogen and oxygen atoms in total. The summed E-state index contributed by atoms with van der Waals surface area (Å²) in [6.07, 6.45) is 5.29. The van der Waals surface area contributed by atoms with Crippen molar-refractivity contribution in [1.82, 2.24) is 9.97 Å². The van der Waals surface area contributed by atoms with Gasteiger partial charge < -0.3 is 4.90 Å². The molecular formula is C11H16ClN3. The molecule has 0 N–H and O–H groups in total. The standard InChI is InChI=1S/C11H16ClN3/c1-2-10-9(7-12)8-13-11(14-10)15-5-3-4-6-15/h8H,2-7H2,1H3. The number of aryl methyl sites for hydroxylation is 1. The largest absolute Gasteiger partial charge is 0.341 e. The molecule has 15 heavy (non-hydrogen) atoms. The van der Waals surface area contributed by atoms with E-state index in [4.69, 9.17) is 11.6 Å². The Kier molecular flexibility index (Phi) is 3.41. The third-order valence-electron chi connectivity index (χ3n) is 2.81. The number of anilines is 1. The van der Waals surface area contributed by atoms with Crippen molar-refractivity contribution in [2.45, 2.75) is 32.1 Å². The van der Waals surface area contributed by atoms with E-state index in [-0.39, 0.29) is 0 Å². The number of alkyl halides is 1. The van der Waals surface area contributed by atoms with Gasteiger partial charge in [0.05, 0.1) is 11.6 Å². The summed E-state index contributed by atoms with van der Waals surface area (Å²) in [5, 5.41) is 0. The average Bonchev–Trinajstić information content (AvgIpc) is 2.81. The van der Waals surface area contributed by atoms with E-state index in [1.54, 1.807) is 0 Å². The van der Waals surface area contributed by atoms with Gasteiger partial charge in [-0.15, -0.1) is 11.6 Å². The van der Waals surface area contributed by atoms with Gasteiger partial charge in [-0.3, -0.25) is 0 Å². The number of nitrogens with zero attached hydrogens (tertiary/aromatic N) is 3. The first kappa shape index (κ1) is 10.7. The summed E-state index contributed by atoms with van der Waals surface area (Å²) in [6, 6.07) is 0. The third kappa shape index (κ3) is 2.23. The summed E-state index contributed by atoms with van der Waals surface area (Å²) in [4.78, 5) is 11.2. The molecule has 0 saturated carbocycles. The van der Waals surface area contributed by atoms with Crippen LogP contribution in [0.25, 0.3) is 0 Å². The predicted octanol–water partition coefficient (Wildman–Crippen LogP) is 2.38. The zero-order valence-electron chi connectivity index (χ0n) is 9.04. The maximum atomic E-state index is 5.83. The molecular weight excluding hydrogens is 210 g/mol. The highest BCUT2D eigenvalue weighted by Crippen LogP contribution is 2.18. The SMILES string of the molecule is CCc1nc(N2CCCC2)ncc1CCl. The second kappa shape index (κ2) is 4.79. The Bertz CT molecular complexity index is 335. The van der Waals surface area contributed by atoms with Crippen molar-refractivity contribution in [3.8, 4) is 0 Å². The van der Waals surface area contributed by atoms with Crippen LogP contribution >= 0.6 is 11.6 Å². The quantitative estimate of drug-likeness (QED) is 0.740. The molecule has 0 radical (unpaired) electrons. The molecule has 2 rings (SSSR count). The van der Waals surface area contributed by atoms with Crippen LogP contribution < -0.4 is 4.90 Å². The summed E-state index contributed by atoms with van der Waals surface area (Å²) in [5.41, 5.74) is 2.14. The van der Waals surface area contributed by atoms with Gasteiger partial charge in [-0.05, 0) is 19.3 Å². The van der Waals surface area contributed by atoms with Crippen LogP contribution in [0.15, 0.2) is 6.20 Å². The van der Waals surface area contributed by atoms with E-state index in [2.05, 4.69) is 21.8 Å². The Balaban J connectivity index is 2.25. The maximum Gasteiger partial charge on any atom is 0.225 e. The molecule has 0 bridgehead atoms. The molecule has 0 amide bonds. The Morgan fingerprint density at radius 2 is 2.13 bits per heavy atom. The van der Waals surface area contributed by atoms with Gasteiger partial charge in [0.1, 0.15) is 0 Å². The van der Waals surface area contributed by atoms with Crippen molar-refractivity contribution in [1.29, 1.82) is 0 Å². The molecule has 0 spiro atoms. The van der Waals surface area contributed by atoms with Crippen LogP contribution in [0.3, 0.4) is 0 Å². The topological polar surface area (TPSA) is 29.0 Å². The van der Waals surface area contributed by atoms with Crippen LogP contribution in [0.4, 0.5) is 5.95 Å². The monoisotopic (exact) mass is 225 g/mol. The van der Waals surface area contributed by atoms with Crippen LogP contribution in [0.5, 0.6) is 0 Å². The van der Waals surface area contributed by atoms with Gasteiger partial charge >= 0.3 is 0 Å². The molecule has 0 aliphatic carbocycles. The highest BCUT2D eigenvalue weighted by atomic mass is 35.5. The fourth-order valence-corrected chi connectivity index (χ4v) is 2.14. The first-order chi connectivity index (χ1) is 7.35. The fourth-order valence-electron chi connectivity index (χ4n) is 1.92. The lowest BCUT2D eigenvalue weighted by Gasteiger charge is -2.16. The van der Waals surface area contributed by atoms with Crippen molar-refractivity contribution < 1.29 is 0 Å². The first-order valence-electron chi connectivity index (χ1n) is 5.51. The van der Waals surface area contributed by atoms with Crippen LogP contribution in [-0.4, -0.2) is 23.1 Å². The number of halogens is 1. The predicted molar refractivity (Wildman–Crippen MR) is 62.4 cm³/mol. The van der Waals surface area contributed by atoms with Gasteiger partial charge in [-0.2, -0.15) is 0 Å². The highest BCUT2D eigenvalue weighted by Gasteiger charge is 2.15. The first-order valence-corrected chi connectivity index (χ1v) is 6.04. The lowest BCUT2D eigenvalue weighted by molar-refractivity contribution is 0.864. The zero-order valence-corrected chi connectivity index (χ0v) is 9.80. The molecule has 1 aliphatic rings. The minimum atomic E-state index is 0.503. The van der Waals surface area contributed by atoms with E-state index in [1.807, 2.05) is 6.20 Å². The molecule has 0 unspecified atom stereocenters. The lowest BCUT2D eigenvalue weighted by atomic mass is 10.2. The normalized spacial score (nSPS) is 16.0. The van der Waals surface area contributed by atoms with Gasteiger partial charge in [0, 0.05) is 24.8 Å². The lowest BCUT2D eigenvalue weighted by Crippen LogP contribution is -2.21. The van der Waals surface area contributed by atoms with Crippen molar-refractivity contribution in [3.63, 3.8) is 0 Å². The molecule has 2 heterocycles. The number of hydrogen-bond donors (Lipinski definition) is 0. The minimum Gasteiger partial charge on any atom is -0.341 e. The summed E-state index contributed by atoms with van der Waals surface area (Å²) < 4.78 is 0. The van der Waals surface area contributed by atoms with Crippen LogP contribution in [-0.2, 0) is 12.3 Å². The molecule has 1 saturated heterocycles. The molecule has 4 heteroatoms. The molecule has 82 valence electrons. The van der Waals surface area contributed by atoms with E-state index in [1.165, 1.54) is 12.8 Å². The third-order valence-corrected chi connectivity index (χ3v) is 3.10. The second-order valence-corrected chi connectivity index (χ2v) is 4.09. The van der Waals surface area contributed by atoms with Gasteiger partial charge in [0.15, 0.2) is 0 Å². The molecule has 1 aliphatic heterocycles. The van der Waals surface area contributed by atoms with E-state index in [0.717, 1.165) is 36.7 Å².